The fourth-order valence-corrected chi connectivity index (χ4v) is 2.07. The number of carbonyl (C=O) groups is 1. The summed E-state index contributed by atoms with van der Waals surface area (Å²) in [6, 6.07) is 7.39. The summed E-state index contributed by atoms with van der Waals surface area (Å²) in [5.41, 5.74) is 1.51. The number of aromatic amines is 1. The van der Waals surface area contributed by atoms with Gasteiger partial charge in [0.15, 0.2) is 0 Å². The average Bonchev–Trinajstić information content (AvgIpc) is 3.01. The van der Waals surface area contributed by atoms with E-state index in [0.717, 1.165) is 0 Å². The zero-order chi connectivity index (χ0) is 15.9. The van der Waals surface area contributed by atoms with Crippen LogP contribution in [0.25, 0.3) is 11.3 Å². The van der Waals surface area contributed by atoms with E-state index in [1.165, 1.54) is 17.0 Å². The molecule has 1 aromatic heterocycles. The van der Waals surface area contributed by atoms with Crippen molar-refractivity contribution in [3.8, 4) is 11.3 Å². The van der Waals surface area contributed by atoms with Gasteiger partial charge in [0.1, 0.15) is 11.5 Å². The molecular formula is C15H18FN3O3. The number of carbonyl (C=O) groups excluding carboxylic acids is 1. The van der Waals surface area contributed by atoms with Crippen LogP contribution in [0.2, 0.25) is 0 Å². The lowest BCUT2D eigenvalue weighted by Crippen LogP contribution is -2.35. The van der Waals surface area contributed by atoms with E-state index in [4.69, 9.17) is 10.2 Å². The number of nitrogens with one attached hydrogen (secondary N) is 1. The first-order valence-corrected chi connectivity index (χ1v) is 6.98. The highest BCUT2D eigenvalue weighted by molar-refractivity contribution is 5.93. The molecule has 1 aromatic carbocycles. The van der Waals surface area contributed by atoms with Crippen molar-refractivity contribution in [1.82, 2.24) is 15.1 Å². The normalized spacial score (nSPS) is 10.7. The molecule has 0 aliphatic heterocycles. The van der Waals surface area contributed by atoms with Gasteiger partial charge in [0.2, 0.25) is 0 Å². The van der Waals surface area contributed by atoms with Crippen molar-refractivity contribution in [3.05, 3.63) is 41.8 Å². The first-order valence-electron chi connectivity index (χ1n) is 6.98. The molecule has 7 heteroatoms. The van der Waals surface area contributed by atoms with Gasteiger partial charge in [-0.1, -0.05) is 0 Å². The number of aliphatic hydroxyl groups is 2. The zero-order valence-electron chi connectivity index (χ0n) is 12.0. The standard InChI is InChI=1S/C15H18FN3O3/c16-12-4-2-11(3-5-12)13-10-14(18-17-13)15(22)19(7-9-21)6-1-8-20/h2-5,10,20-21H,1,6-9H2,(H,17,18). The third kappa shape index (κ3) is 3.90. The number of aromatic nitrogens is 2. The van der Waals surface area contributed by atoms with Gasteiger partial charge in [-0.3, -0.25) is 9.89 Å². The summed E-state index contributed by atoms with van der Waals surface area (Å²) < 4.78 is 12.9. The molecule has 2 rings (SSSR count). The van der Waals surface area contributed by atoms with Crippen LogP contribution in [0.5, 0.6) is 0 Å². The third-order valence-electron chi connectivity index (χ3n) is 3.19. The number of aliphatic hydroxyl groups excluding tert-OH is 2. The highest BCUT2D eigenvalue weighted by Gasteiger charge is 2.18. The van der Waals surface area contributed by atoms with E-state index >= 15 is 0 Å². The Morgan fingerprint density at radius 3 is 2.55 bits per heavy atom. The van der Waals surface area contributed by atoms with Crippen molar-refractivity contribution >= 4 is 5.91 Å². The number of hydrogen-bond donors (Lipinski definition) is 3. The third-order valence-corrected chi connectivity index (χ3v) is 3.19. The minimum atomic E-state index is -0.339. The Kier molecular flexibility index (Phi) is 5.62. The molecular weight excluding hydrogens is 289 g/mol. The molecule has 1 heterocycles. The molecule has 0 fully saturated rings. The van der Waals surface area contributed by atoms with Gasteiger partial charge < -0.3 is 15.1 Å². The van der Waals surface area contributed by atoms with Gasteiger partial charge in [0.25, 0.3) is 5.91 Å². The van der Waals surface area contributed by atoms with E-state index in [2.05, 4.69) is 10.2 Å². The Morgan fingerprint density at radius 2 is 1.91 bits per heavy atom. The van der Waals surface area contributed by atoms with Crippen LogP contribution in [0.4, 0.5) is 4.39 Å². The maximum Gasteiger partial charge on any atom is 0.271 e. The van der Waals surface area contributed by atoms with Gasteiger partial charge in [-0.15, -0.1) is 0 Å². The second-order valence-electron chi connectivity index (χ2n) is 4.77. The molecule has 6 nitrogen and oxygen atoms in total. The van der Waals surface area contributed by atoms with Crippen LogP contribution in [-0.4, -0.2) is 57.5 Å². The van der Waals surface area contributed by atoms with E-state index in [1.54, 1.807) is 18.2 Å². The molecule has 22 heavy (non-hydrogen) atoms. The number of rotatable bonds is 7. The molecule has 0 saturated carbocycles. The molecule has 0 bridgehead atoms. The smallest absolute Gasteiger partial charge is 0.271 e. The average molecular weight is 307 g/mol. The highest BCUT2D eigenvalue weighted by Crippen LogP contribution is 2.18. The summed E-state index contributed by atoms with van der Waals surface area (Å²) in [5, 5.41) is 24.6. The minimum Gasteiger partial charge on any atom is -0.396 e. The van der Waals surface area contributed by atoms with Crippen LogP contribution < -0.4 is 0 Å². The number of hydrogen-bond acceptors (Lipinski definition) is 4. The van der Waals surface area contributed by atoms with Crippen LogP contribution >= 0.6 is 0 Å². The molecule has 0 unspecified atom stereocenters. The predicted molar refractivity (Wildman–Crippen MR) is 78.7 cm³/mol. The lowest BCUT2D eigenvalue weighted by Gasteiger charge is -2.20. The molecule has 118 valence electrons. The van der Waals surface area contributed by atoms with Crippen LogP contribution in [0, 0.1) is 5.82 Å². The molecule has 0 spiro atoms. The van der Waals surface area contributed by atoms with Crippen molar-refractivity contribution in [3.63, 3.8) is 0 Å². The lowest BCUT2D eigenvalue weighted by atomic mass is 10.1. The van der Waals surface area contributed by atoms with Crippen molar-refractivity contribution < 1.29 is 19.4 Å². The summed E-state index contributed by atoms with van der Waals surface area (Å²) in [6.45, 7) is 0.347. The van der Waals surface area contributed by atoms with E-state index in [-0.39, 0.29) is 37.2 Å². The van der Waals surface area contributed by atoms with Crippen molar-refractivity contribution in [2.24, 2.45) is 0 Å². The summed E-state index contributed by atoms with van der Waals surface area (Å²) in [6.07, 6.45) is 0.435. The summed E-state index contributed by atoms with van der Waals surface area (Å²) >= 11 is 0. The maximum atomic E-state index is 12.9. The SMILES string of the molecule is O=C(c1cc(-c2ccc(F)cc2)n[nH]1)N(CCO)CCCO. The Labute approximate surface area is 127 Å². The quantitative estimate of drug-likeness (QED) is 0.713. The maximum absolute atomic E-state index is 12.9. The largest absolute Gasteiger partial charge is 0.396 e. The predicted octanol–water partition coefficient (Wildman–Crippen LogP) is 1.03. The van der Waals surface area contributed by atoms with Gasteiger partial charge in [-0.05, 0) is 36.8 Å². The number of benzene rings is 1. The zero-order valence-corrected chi connectivity index (χ0v) is 12.0. The Hall–Kier alpha value is -2.25. The van der Waals surface area contributed by atoms with Crippen molar-refractivity contribution in [2.45, 2.75) is 6.42 Å². The van der Waals surface area contributed by atoms with Crippen LogP contribution in [0.3, 0.4) is 0 Å². The molecule has 2 aromatic rings. The van der Waals surface area contributed by atoms with Gasteiger partial charge >= 0.3 is 0 Å². The fourth-order valence-electron chi connectivity index (χ4n) is 2.07. The number of halogens is 1. The molecule has 0 atom stereocenters. The summed E-state index contributed by atoms with van der Waals surface area (Å²) in [5.74, 6) is -0.642. The molecule has 0 saturated heterocycles. The van der Waals surface area contributed by atoms with E-state index < -0.39 is 0 Å². The molecule has 0 aliphatic rings. The second-order valence-corrected chi connectivity index (χ2v) is 4.77. The highest BCUT2D eigenvalue weighted by atomic mass is 19.1. The second kappa shape index (κ2) is 7.67. The Bertz CT molecular complexity index is 613. The molecule has 0 aliphatic carbocycles. The number of amides is 1. The first kappa shape index (κ1) is 16.1. The van der Waals surface area contributed by atoms with Crippen LogP contribution in [-0.2, 0) is 0 Å². The van der Waals surface area contributed by atoms with Gasteiger partial charge in [0.05, 0.1) is 12.3 Å². The van der Waals surface area contributed by atoms with E-state index in [1.807, 2.05) is 0 Å². The summed E-state index contributed by atoms with van der Waals surface area (Å²) in [4.78, 5) is 13.8. The number of H-pyrrole nitrogens is 1. The van der Waals surface area contributed by atoms with Gasteiger partial charge in [-0.2, -0.15) is 5.10 Å². The lowest BCUT2D eigenvalue weighted by molar-refractivity contribution is 0.0704. The Morgan fingerprint density at radius 1 is 1.18 bits per heavy atom. The van der Waals surface area contributed by atoms with Gasteiger partial charge in [-0.25, -0.2) is 4.39 Å². The van der Waals surface area contributed by atoms with E-state index in [0.29, 0.717) is 24.2 Å². The van der Waals surface area contributed by atoms with Gasteiger partial charge in [0, 0.05) is 25.3 Å². The van der Waals surface area contributed by atoms with Crippen molar-refractivity contribution in [2.75, 3.05) is 26.3 Å². The minimum absolute atomic E-state index is 0.0288. The molecule has 0 radical (unpaired) electrons. The van der Waals surface area contributed by atoms with E-state index in [9.17, 15) is 9.18 Å². The van der Waals surface area contributed by atoms with Crippen molar-refractivity contribution in [1.29, 1.82) is 0 Å². The van der Waals surface area contributed by atoms with Crippen LogP contribution in [0.1, 0.15) is 16.9 Å². The number of nitrogens with zero attached hydrogens (tertiary/aromatic N) is 2. The fraction of sp³-hybridized carbons (Fsp3) is 0.333. The monoisotopic (exact) mass is 307 g/mol. The Balaban J connectivity index is 2.14. The topological polar surface area (TPSA) is 89.5 Å². The molecule has 1 amide bonds. The van der Waals surface area contributed by atoms with Crippen LogP contribution in [0.15, 0.2) is 30.3 Å². The summed E-state index contributed by atoms with van der Waals surface area (Å²) in [7, 11) is 0. The molecule has 3 N–H and O–H groups in total. The first-order chi connectivity index (χ1) is 10.7.